The Morgan fingerprint density at radius 3 is 2.90 bits per heavy atom. The zero-order valence-electron chi connectivity index (χ0n) is 5.76. The number of nitrogens with two attached hydrogens (primary N) is 1. The van der Waals surface area contributed by atoms with Crippen LogP contribution in [-0.4, -0.2) is 5.16 Å². The molecular weight excluding hydrogens is 128 g/mol. The van der Waals surface area contributed by atoms with Crippen molar-refractivity contribution >= 4 is 5.82 Å². The molecule has 2 N–H and O–H groups in total. The Hall–Kier alpha value is -0.990. The van der Waals surface area contributed by atoms with Gasteiger partial charge < -0.3 is 10.3 Å². The van der Waals surface area contributed by atoms with Gasteiger partial charge in [0, 0.05) is 12.0 Å². The number of nitrogen functional groups attached to an aromatic ring is 1. The molecule has 0 aliphatic heterocycles. The molecule has 0 unspecified atom stereocenters. The number of rotatable bonds is 0. The number of nitrogens with zero attached hydrogens (tertiary/aromatic N) is 1. The average Bonchev–Trinajstić information content (AvgIpc) is 2.34. The molecule has 10 heavy (non-hydrogen) atoms. The largest absolute Gasteiger partial charge is 0.381 e. The highest BCUT2D eigenvalue weighted by atomic mass is 16.5. The van der Waals surface area contributed by atoms with E-state index in [0.29, 0.717) is 5.82 Å². The van der Waals surface area contributed by atoms with Crippen LogP contribution in [0.2, 0.25) is 0 Å². The SMILES string of the molecule is Nc1noc2c1CCCC2. The second-order valence-corrected chi connectivity index (χ2v) is 2.68. The first-order valence-corrected chi connectivity index (χ1v) is 3.61. The normalized spacial score (nSPS) is 16.8. The van der Waals surface area contributed by atoms with Crippen LogP contribution in [0.4, 0.5) is 5.82 Å². The highest BCUT2D eigenvalue weighted by Gasteiger charge is 2.16. The minimum absolute atomic E-state index is 0.592. The first-order chi connectivity index (χ1) is 4.88. The van der Waals surface area contributed by atoms with Crippen LogP contribution in [0.25, 0.3) is 0 Å². The molecule has 0 amide bonds. The summed E-state index contributed by atoms with van der Waals surface area (Å²) in [5, 5.41) is 3.70. The van der Waals surface area contributed by atoms with Crippen molar-refractivity contribution in [2.45, 2.75) is 25.7 Å². The summed E-state index contributed by atoms with van der Waals surface area (Å²) in [6.07, 6.45) is 4.49. The zero-order chi connectivity index (χ0) is 6.97. The topological polar surface area (TPSA) is 52.0 Å². The van der Waals surface area contributed by atoms with E-state index in [1.165, 1.54) is 12.8 Å². The lowest BCUT2D eigenvalue weighted by molar-refractivity contribution is 0.374. The van der Waals surface area contributed by atoms with Gasteiger partial charge in [0.2, 0.25) is 0 Å². The fourth-order valence-corrected chi connectivity index (χ4v) is 1.41. The van der Waals surface area contributed by atoms with Gasteiger partial charge in [-0.25, -0.2) is 0 Å². The van der Waals surface area contributed by atoms with E-state index in [9.17, 15) is 0 Å². The van der Waals surface area contributed by atoms with E-state index in [2.05, 4.69) is 5.16 Å². The minimum Gasteiger partial charge on any atom is -0.381 e. The van der Waals surface area contributed by atoms with E-state index in [-0.39, 0.29) is 0 Å². The number of aryl methyl sites for hydroxylation is 1. The summed E-state index contributed by atoms with van der Waals surface area (Å²) in [5.41, 5.74) is 6.70. The third-order valence-electron chi connectivity index (χ3n) is 1.98. The van der Waals surface area contributed by atoms with Crippen molar-refractivity contribution in [3.63, 3.8) is 0 Å². The van der Waals surface area contributed by atoms with Gasteiger partial charge in [0.05, 0.1) is 0 Å². The van der Waals surface area contributed by atoms with Gasteiger partial charge >= 0.3 is 0 Å². The second-order valence-electron chi connectivity index (χ2n) is 2.68. The lowest BCUT2D eigenvalue weighted by atomic mass is 9.98. The van der Waals surface area contributed by atoms with Gasteiger partial charge in [0.25, 0.3) is 0 Å². The number of fused-ring (bicyclic) bond motifs is 1. The predicted molar refractivity (Wildman–Crippen MR) is 37.6 cm³/mol. The van der Waals surface area contributed by atoms with E-state index < -0.39 is 0 Å². The first kappa shape index (κ1) is 5.77. The molecule has 3 heteroatoms. The molecule has 0 spiro atoms. The van der Waals surface area contributed by atoms with Crippen LogP contribution >= 0.6 is 0 Å². The highest BCUT2D eigenvalue weighted by Crippen LogP contribution is 2.24. The molecule has 2 rings (SSSR count). The van der Waals surface area contributed by atoms with Gasteiger partial charge in [0.15, 0.2) is 5.82 Å². The summed E-state index contributed by atoms with van der Waals surface area (Å²) in [6, 6.07) is 0. The Morgan fingerprint density at radius 1 is 1.30 bits per heavy atom. The summed E-state index contributed by atoms with van der Waals surface area (Å²) in [7, 11) is 0. The fraction of sp³-hybridized carbons (Fsp3) is 0.571. The number of hydrogen-bond donors (Lipinski definition) is 1. The molecule has 1 heterocycles. The molecule has 0 aromatic carbocycles. The third kappa shape index (κ3) is 0.701. The Balaban J connectivity index is 2.45. The van der Waals surface area contributed by atoms with E-state index in [0.717, 1.165) is 24.2 Å². The summed E-state index contributed by atoms with van der Waals surface area (Å²) in [6.45, 7) is 0. The van der Waals surface area contributed by atoms with Crippen molar-refractivity contribution in [3.05, 3.63) is 11.3 Å². The Labute approximate surface area is 59.2 Å². The molecule has 1 aromatic heterocycles. The van der Waals surface area contributed by atoms with Crippen molar-refractivity contribution in [2.24, 2.45) is 0 Å². The van der Waals surface area contributed by atoms with Crippen LogP contribution in [0.15, 0.2) is 4.52 Å². The number of anilines is 1. The smallest absolute Gasteiger partial charge is 0.170 e. The van der Waals surface area contributed by atoms with Gasteiger partial charge in [-0.3, -0.25) is 0 Å². The van der Waals surface area contributed by atoms with Gasteiger partial charge in [-0.2, -0.15) is 0 Å². The molecule has 54 valence electrons. The maximum absolute atomic E-state index is 5.56. The standard InChI is InChI=1S/C7H10N2O/c8-7-5-3-1-2-4-6(5)10-9-7/h1-4H2,(H2,8,9). The summed E-state index contributed by atoms with van der Waals surface area (Å²) in [5.74, 6) is 1.60. The van der Waals surface area contributed by atoms with Crippen molar-refractivity contribution < 1.29 is 4.52 Å². The van der Waals surface area contributed by atoms with Crippen LogP contribution in [-0.2, 0) is 12.8 Å². The molecule has 0 radical (unpaired) electrons. The predicted octanol–water partition coefficient (Wildman–Crippen LogP) is 1.14. The van der Waals surface area contributed by atoms with Crippen molar-refractivity contribution in [2.75, 3.05) is 5.73 Å². The van der Waals surface area contributed by atoms with Crippen molar-refractivity contribution in [1.82, 2.24) is 5.16 Å². The second kappa shape index (κ2) is 2.01. The van der Waals surface area contributed by atoms with Gasteiger partial charge in [0.1, 0.15) is 5.76 Å². The summed E-state index contributed by atoms with van der Waals surface area (Å²) >= 11 is 0. The molecule has 0 saturated carbocycles. The summed E-state index contributed by atoms with van der Waals surface area (Å²) in [4.78, 5) is 0. The van der Waals surface area contributed by atoms with E-state index in [1.54, 1.807) is 0 Å². The van der Waals surface area contributed by atoms with Crippen LogP contribution in [0.5, 0.6) is 0 Å². The fourth-order valence-electron chi connectivity index (χ4n) is 1.41. The first-order valence-electron chi connectivity index (χ1n) is 3.61. The molecule has 0 bridgehead atoms. The van der Waals surface area contributed by atoms with Crippen LogP contribution in [0.1, 0.15) is 24.2 Å². The molecule has 1 aliphatic carbocycles. The van der Waals surface area contributed by atoms with E-state index in [1.807, 2.05) is 0 Å². The molecule has 0 atom stereocenters. The Bertz CT molecular complexity index is 242. The van der Waals surface area contributed by atoms with Crippen molar-refractivity contribution in [1.29, 1.82) is 0 Å². The average molecular weight is 138 g/mol. The molecule has 0 saturated heterocycles. The quantitative estimate of drug-likeness (QED) is 0.584. The van der Waals surface area contributed by atoms with E-state index in [4.69, 9.17) is 10.3 Å². The highest BCUT2D eigenvalue weighted by molar-refractivity contribution is 5.41. The number of hydrogen-bond acceptors (Lipinski definition) is 3. The molecule has 1 aromatic rings. The lowest BCUT2D eigenvalue weighted by Crippen LogP contribution is -2.01. The Morgan fingerprint density at radius 2 is 2.10 bits per heavy atom. The van der Waals surface area contributed by atoms with Crippen LogP contribution < -0.4 is 5.73 Å². The van der Waals surface area contributed by atoms with Crippen molar-refractivity contribution in [3.8, 4) is 0 Å². The monoisotopic (exact) mass is 138 g/mol. The van der Waals surface area contributed by atoms with Crippen LogP contribution in [0.3, 0.4) is 0 Å². The summed E-state index contributed by atoms with van der Waals surface area (Å²) < 4.78 is 5.01. The molecular formula is C7H10N2O. The molecule has 1 aliphatic rings. The zero-order valence-corrected chi connectivity index (χ0v) is 5.76. The molecule has 0 fully saturated rings. The van der Waals surface area contributed by atoms with Gasteiger partial charge in [-0.1, -0.05) is 5.16 Å². The maximum atomic E-state index is 5.56. The third-order valence-corrected chi connectivity index (χ3v) is 1.98. The van der Waals surface area contributed by atoms with Crippen LogP contribution in [0, 0.1) is 0 Å². The number of aromatic nitrogens is 1. The Kier molecular flexibility index (Phi) is 1.16. The maximum Gasteiger partial charge on any atom is 0.170 e. The lowest BCUT2D eigenvalue weighted by Gasteiger charge is -2.06. The minimum atomic E-state index is 0.592. The van der Waals surface area contributed by atoms with Gasteiger partial charge in [-0.15, -0.1) is 0 Å². The van der Waals surface area contributed by atoms with Gasteiger partial charge in [-0.05, 0) is 19.3 Å². The molecule has 3 nitrogen and oxygen atoms in total. The van der Waals surface area contributed by atoms with E-state index >= 15 is 0 Å².